The normalized spacial score (nSPS) is 10.3. The molecule has 1 aromatic heterocycles. The molecule has 0 bridgehead atoms. The van der Waals surface area contributed by atoms with E-state index < -0.39 is 11.8 Å². The lowest BCUT2D eigenvalue weighted by Crippen LogP contribution is -2.36. The van der Waals surface area contributed by atoms with E-state index in [1.165, 1.54) is 11.0 Å². The van der Waals surface area contributed by atoms with E-state index in [9.17, 15) is 9.59 Å². The highest BCUT2D eigenvalue weighted by Crippen LogP contribution is 2.26. The number of hydrogen-bond donors (Lipinski definition) is 2. The molecule has 0 atom stereocenters. The Bertz CT molecular complexity index is 888. The summed E-state index contributed by atoms with van der Waals surface area (Å²) in [7, 11) is 0. The molecule has 25 heavy (non-hydrogen) atoms. The fourth-order valence-corrected chi connectivity index (χ4v) is 2.28. The van der Waals surface area contributed by atoms with Crippen LogP contribution in [0.3, 0.4) is 0 Å². The topological polar surface area (TPSA) is 101 Å². The molecule has 126 valence electrons. The van der Waals surface area contributed by atoms with E-state index in [0.29, 0.717) is 22.8 Å². The van der Waals surface area contributed by atoms with Crippen molar-refractivity contribution in [2.75, 3.05) is 16.0 Å². The molecule has 0 saturated heterocycles. The van der Waals surface area contributed by atoms with Crippen molar-refractivity contribution in [1.29, 1.82) is 0 Å². The van der Waals surface area contributed by atoms with Crippen molar-refractivity contribution in [3.63, 3.8) is 0 Å². The Morgan fingerprint density at radius 2 is 1.68 bits per heavy atom. The fraction of sp³-hybridized carbons (Fsp3) is 0.0556. The van der Waals surface area contributed by atoms with Crippen molar-refractivity contribution in [2.45, 2.75) is 6.92 Å². The van der Waals surface area contributed by atoms with Gasteiger partial charge in [0.25, 0.3) is 0 Å². The van der Waals surface area contributed by atoms with Gasteiger partial charge in [-0.2, -0.15) is 0 Å². The van der Waals surface area contributed by atoms with Gasteiger partial charge in [-0.3, -0.25) is 19.8 Å². The number of anilines is 4. The Labute approximate surface area is 144 Å². The van der Waals surface area contributed by atoms with Crippen LogP contribution in [-0.2, 0) is 9.59 Å². The zero-order valence-corrected chi connectivity index (χ0v) is 13.5. The predicted octanol–water partition coefficient (Wildman–Crippen LogP) is 2.87. The monoisotopic (exact) mass is 336 g/mol. The summed E-state index contributed by atoms with van der Waals surface area (Å²) < 4.78 is 4.88. The van der Waals surface area contributed by atoms with Gasteiger partial charge in [0.1, 0.15) is 5.76 Å². The van der Waals surface area contributed by atoms with Crippen LogP contribution in [0.4, 0.5) is 22.9 Å². The molecule has 0 aliphatic rings. The Morgan fingerprint density at radius 3 is 2.28 bits per heavy atom. The number of hydrogen-bond acceptors (Lipinski definition) is 5. The number of aromatic nitrogens is 1. The SMILES string of the molecule is Cc1cc(NC(=O)C(=O)N(c2ccccc2)c2ccc(N)cc2)no1. The maximum absolute atomic E-state index is 12.8. The van der Waals surface area contributed by atoms with Gasteiger partial charge < -0.3 is 10.3 Å². The average Bonchev–Trinajstić information content (AvgIpc) is 3.02. The number of nitrogens with zero attached hydrogens (tertiary/aromatic N) is 2. The third-order valence-corrected chi connectivity index (χ3v) is 3.43. The first-order valence-electron chi connectivity index (χ1n) is 7.54. The number of nitrogen functional groups attached to an aromatic ring is 1. The van der Waals surface area contributed by atoms with E-state index in [1.54, 1.807) is 55.5 Å². The summed E-state index contributed by atoms with van der Waals surface area (Å²) in [6.45, 7) is 1.69. The minimum absolute atomic E-state index is 0.182. The fourth-order valence-electron chi connectivity index (χ4n) is 2.28. The average molecular weight is 336 g/mol. The third-order valence-electron chi connectivity index (χ3n) is 3.43. The lowest BCUT2D eigenvalue weighted by molar-refractivity contribution is -0.134. The number of nitrogens with one attached hydrogen (secondary N) is 1. The maximum Gasteiger partial charge on any atom is 0.321 e. The molecule has 0 aliphatic carbocycles. The van der Waals surface area contributed by atoms with Gasteiger partial charge in [0, 0.05) is 23.1 Å². The molecule has 0 spiro atoms. The van der Waals surface area contributed by atoms with E-state index in [0.717, 1.165) is 0 Å². The molecular formula is C18H16N4O3. The van der Waals surface area contributed by atoms with Crippen molar-refractivity contribution in [2.24, 2.45) is 0 Å². The summed E-state index contributed by atoms with van der Waals surface area (Å²) in [4.78, 5) is 26.4. The first-order valence-corrected chi connectivity index (χ1v) is 7.54. The van der Waals surface area contributed by atoms with Gasteiger partial charge in [-0.05, 0) is 43.3 Å². The molecule has 0 radical (unpaired) electrons. The second-order valence-electron chi connectivity index (χ2n) is 5.34. The highest BCUT2D eigenvalue weighted by molar-refractivity contribution is 6.45. The summed E-state index contributed by atoms with van der Waals surface area (Å²) in [6, 6.07) is 17.1. The number of amides is 2. The Hall–Kier alpha value is -3.61. The number of benzene rings is 2. The van der Waals surface area contributed by atoms with Crippen LogP contribution in [0.2, 0.25) is 0 Å². The van der Waals surface area contributed by atoms with E-state index in [-0.39, 0.29) is 5.82 Å². The van der Waals surface area contributed by atoms with Crippen LogP contribution in [-0.4, -0.2) is 17.0 Å². The van der Waals surface area contributed by atoms with Crippen molar-refractivity contribution in [3.8, 4) is 0 Å². The van der Waals surface area contributed by atoms with E-state index in [2.05, 4.69) is 10.5 Å². The molecule has 0 aliphatic heterocycles. The first-order chi connectivity index (χ1) is 12.0. The zero-order chi connectivity index (χ0) is 17.8. The number of rotatable bonds is 3. The zero-order valence-electron chi connectivity index (χ0n) is 13.5. The first kappa shape index (κ1) is 16.3. The molecule has 2 aromatic carbocycles. The van der Waals surface area contributed by atoms with Gasteiger partial charge in [0.05, 0.1) is 0 Å². The number of carbonyl (C=O) groups excluding carboxylic acids is 2. The summed E-state index contributed by atoms with van der Waals surface area (Å²) in [5, 5.41) is 6.09. The number of para-hydroxylation sites is 1. The van der Waals surface area contributed by atoms with E-state index in [1.807, 2.05) is 6.07 Å². The van der Waals surface area contributed by atoms with Gasteiger partial charge in [-0.15, -0.1) is 0 Å². The van der Waals surface area contributed by atoms with Crippen LogP contribution in [0.15, 0.2) is 65.2 Å². The molecule has 3 aromatic rings. The van der Waals surface area contributed by atoms with E-state index in [4.69, 9.17) is 10.3 Å². The molecule has 0 fully saturated rings. The highest BCUT2D eigenvalue weighted by Gasteiger charge is 2.25. The van der Waals surface area contributed by atoms with Crippen molar-refractivity contribution in [1.82, 2.24) is 5.16 Å². The lowest BCUT2D eigenvalue weighted by Gasteiger charge is -2.22. The smallest absolute Gasteiger partial charge is 0.321 e. The molecule has 3 N–H and O–H groups in total. The Morgan fingerprint density at radius 1 is 1.04 bits per heavy atom. The van der Waals surface area contributed by atoms with Crippen LogP contribution in [0, 0.1) is 6.92 Å². The summed E-state index contributed by atoms with van der Waals surface area (Å²) in [5.74, 6) is -0.868. The molecule has 0 unspecified atom stereocenters. The van der Waals surface area contributed by atoms with Crippen molar-refractivity contribution >= 4 is 34.7 Å². The number of carbonyl (C=O) groups is 2. The van der Waals surface area contributed by atoms with Crippen LogP contribution < -0.4 is 16.0 Å². The van der Waals surface area contributed by atoms with Crippen molar-refractivity contribution < 1.29 is 14.1 Å². The minimum atomic E-state index is -0.825. The largest absolute Gasteiger partial charge is 0.399 e. The number of aryl methyl sites for hydroxylation is 1. The molecule has 7 nitrogen and oxygen atoms in total. The molecule has 7 heteroatoms. The minimum Gasteiger partial charge on any atom is -0.399 e. The lowest BCUT2D eigenvalue weighted by atomic mass is 10.2. The predicted molar refractivity (Wildman–Crippen MR) is 94.3 cm³/mol. The molecular weight excluding hydrogens is 320 g/mol. The summed E-state index contributed by atoms with van der Waals surface area (Å²) in [5.41, 5.74) is 7.35. The molecule has 3 rings (SSSR count). The molecule has 1 heterocycles. The van der Waals surface area contributed by atoms with Gasteiger partial charge >= 0.3 is 11.8 Å². The quantitative estimate of drug-likeness (QED) is 0.566. The molecule has 0 saturated carbocycles. The maximum atomic E-state index is 12.8. The van der Waals surface area contributed by atoms with E-state index >= 15 is 0 Å². The molecule has 2 amide bonds. The van der Waals surface area contributed by atoms with Crippen molar-refractivity contribution in [3.05, 3.63) is 66.4 Å². The van der Waals surface area contributed by atoms with Crippen LogP contribution >= 0.6 is 0 Å². The van der Waals surface area contributed by atoms with Crippen LogP contribution in [0.1, 0.15) is 5.76 Å². The van der Waals surface area contributed by atoms with Crippen LogP contribution in [0.25, 0.3) is 0 Å². The Kier molecular flexibility index (Phi) is 4.47. The third kappa shape index (κ3) is 3.66. The van der Waals surface area contributed by atoms with Gasteiger partial charge in [-0.1, -0.05) is 23.4 Å². The van der Waals surface area contributed by atoms with Crippen LogP contribution in [0.5, 0.6) is 0 Å². The van der Waals surface area contributed by atoms with Gasteiger partial charge in [-0.25, -0.2) is 0 Å². The standard InChI is InChI=1S/C18H16N4O3/c1-12-11-16(21-25-12)20-17(23)18(24)22(14-5-3-2-4-6-14)15-9-7-13(19)8-10-15/h2-11H,19H2,1H3,(H,20,21,23). The second kappa shape index (κ2) is 6.88. The van der Waals surface area contributed by atoms with Gasteiger partial charge in [0.2, 0.25) is 0 Å². The highest BCUT2D eigenvalue weighted by atomic mass is 16.5. The summed E-state index contributed by atoms with van der Waals surface area (Å²) in [6.07, 6.45) is 0. The Balaban J connectivity index is 1.92. The second-order valence-corrected chi connectivity index (χ2v) is 5.34. The number of nitrogens with two attached hydrogens (primary N) is 1. The van der Waals surface area contributed by atoms with Gasteiger partial charge in [0.15, 0.2) is 5.82 Å². The summed E-state index contributed by atoms with van der Waals surface area (Å²) >= 11 is 0.